The number of allylic oxidation sites excluding steroid dienone is 1. The summed E-state index contributed by atoms with van der Waals surface area (Å²) in [5.41, 5.74) is 4.59. The van der Waals surface area contributed by atoms with Gasteiger partial charge in [-0.3, -0.25) is 10.5 Å². The summed E-state index contributed by atoms with van der Waals surface area (Å²) in [5.74, 6) is 2.57. The van der Waals surface area contributed by atoms with Crippen LogP contribution in [-0.4, -0.2) is 75.5 Å². The molecular formula is C49H81N2O6+. The third-order valence-corrected chi connectivity index (χ3v) is 20.0. The summed E-state index contributed by atoms with van der Waals surface area (Å²) < 4.78 is 14.2. The molecule has 3 aliphatic heterocycles. The second kappa shape index (κ2) is 14.6. The van der Waals surface area contributed by atoms with Gasteiger partial charge in [-0.25, -0.2) is 0 Å². The lowest BCUT2D eigenvalue weighted by Crippen LogP contribution is -2.94. The molecule has 3 saturated heterocycles. The van der Waals surface area contributed by atoms with E-state index in [4.69, 9.17) is 15.2 Å². The van der Waals surface area contributed by atoms with Crippen LogP contribution in [0.1, 0.15) is 170 Å². The van der Waals surface area contributed by atoms with Crippen molar-refractivity contribution < 1.29 is 34.9 Å². The van der Waals surface area contributed by atoms with Crippen LogP contribution in [0.4, 0.5) is 0 Å². The molecule has 4 saturated carbocycles. The Morgan fingerprint density at radius 3 is 2.44 bits per heavy atom. The van der Waals surface area contributed by atoms with Gasteiger partial charge in [0.25, 0.3) is 0 Å². The van der Waals surface area contributed by atoms with E-state index in [0.29, 0.717) is 30.8 Å². The first-order valence-corrected chi connectivity index (χ1v) is 24.2. The first kappa shape index (κ1) is 41.5. The number of hydrogen-bond donors (Lipinski definition) is 5. The SMILES string of the molecule is C[C@H]1CCO[C@@]([C@@H]2O[C@@H]2[C@](C)(O)C(C)(C)CCC2CC[NH2+]C(N)C2)([C@@H]2C[C@H]3CCC4=C5[C@H]([C@@H](CCC6CCCCC6)C[C@@]2(C)[C@]53O)[C@]2(C)CC[C@H](O)C[C@H]2C4=O)C1. The van der Waals surface area contributed by atoms with Crippen LogP contribution in [0.2, 0.25) is 0 Å². The third-order valence-electron chi connectivity index (χ3n) is 20.0. The highest BCUT2D eigenvalue weighted by molar-refractivity contribution is 6.00. The van der Waals surface area contributed by atoms with E-state index in [1.807, 2.05) is 6.92 Å². The predicted octanol–water partition coefficient (Wildman–Crippen LogP) is 6.97. The summed E-state index contributed by atoms with van der Waals surface area (Å²) in [5, 5.41) is 39.9. The maximum Gasteiger partial charge on any atom is 0.162 e. The number of ketones is 1. The number of hydrogen-bond acceptors (Lipinski definition) is 7. The van der Waals surface area contributed by atoms with Gasteiger partial charge in [0.15, 0.2) is 5.78 Å². The lowest BCUT2D eigenvalue weighted by atomic mass is 9.40. The van der Waals surface area contributed by atoms with Crippen LogP contribution < -0.4 is 11.1 Å². The average Bonchev–Trinajstić information content (AvgIpc) is 3.96. The fourth-order valence-corrected chi connectivity index (χ4v) is 16.3. The second-order valence-corrected chi connectivity index (χ2v) is 23.5. The van der Waals surface area contributed by atoms with Crippen molar-refractivity contribution >= 4 is 5.78 Å². The van der Waals surface area contributed by atoms with Gasteiger partial charge in [0.2, 0.25) is 0 Å². The summed E-state index contributed by atoms with van der Waals surface area (Å²) in [6, 6.07) is 0. The monoisotopic (exact) mass is 794 g/mol. The van der Waals surface area contributed by atoms with Crippen LogP contribution in [0.15, 0.2) is 11.1 Å². The molecule has 9 rings (SSSR count). The van der Waals surface area contributed by atoms with Crippen LogP contribution in [0.25, 0.3) is 0 Å². The quantitative estimate of drug-likeness (QED) is 0.151. The molecule has 9 aliphatic rings. The van der Waals surface area contributed by atoms with E-state index in [2.05, 4.69) is 39.9 Å². The summed E-state index contributed by atoms with van der Waals surface area (Å²) >= 11 is 0. The number of carbonyl (C=O) groups is 1. The standard InChI is InChI=1S/C49H80N2O6/c1-29-19-23-56-48(27-29,43-42(57-43)47(6,54)44(2,3)20-16-31-18-22-51-38(50)24-31)37-25-33-14-15-35-40-39(45(4)21-17-34(52)26-36(45)41(35)53)32(28-46(37,5)49(33,40)55)13-12-30-10-8-7-9-11-30/h29-34,36-39,42-43,51-52,54-55H,7-28,50H2,1-6H3/p+1/t29-,31?,32-,33+,34-,36-,37+,38?,39-,42-,43+,45+,46+,47-,48+,49+/m0/s1. The first-order valence-electron chi connectivity index (χ1n) is 24.2. The second-order valence-electron chi connectivity index (χ2n) is 23.5. The van der Waals surface area contributed by atoms with Crippen molar-refractivity contribution in [2.45, 2.75) is 211 Å². The van der Waals surface area contributed by atoms with Crippen molar-refractivity contribution in [3.8, 4) is 0 Å². The van der Waals surface area contributed by atoms with Crippen LogP contribution in [0, 0.1) is 63.6 Å². The van der Waals surface area contributed by atoms with Crippen molar-refractivity contribution in [3.63, 3.8) is 0 Å². The number of piperidine rings is 1. The number of aliphatic hydroxyl groups is 3. The van der Waals surface area contributed by atoms with Gasteiger partial charge in [-0.05, 0) is 154 Å². The van der Waals surface area contributed by atoms with Crippen molar-refractivity contribution in [1.29, 1.82) is 0 Å². The van der Waals surface area contributed by atoms with E-state index < -0.39 is 28.3 Å². The van der Waals surface area contributed by atoms with E-state index in [1.54, 1.807) is 0 Å². The van der Waals surface area contributed by atoms with Crippen molar-refractivity contribution in [3.05, 3.63) is 11.1 Å². The van der Waals surface area contributed by atoms with Gasteiger partial charge in [-0.15, -0.1) is 0 Å². The maximum atomic E-state index is 14.8. The molecule has 7 fully saturated rings. The molecule has 0 aromatic rings. The number of epoxide rings is 1. The minimum Gasteiger partial charge on any atom is -0.393 e. The van der Waals surface area contributed by atoms with E-state index in [1.165, 1.54) is 44.9 Å². The zero-order valence-corrected chi connectivity index (χ0v) is 36.7. The molecule has 3 heterocycles. The summed E-state index contributed by atoms with van der Waals surface area (Å²) in [4.78, 5) is 14.8. The van der Waals surface area contributed by atoms with Gasteiger partial charge in [-0.2, -0.15) is 0 Å². The van der Waals surface area contributed by atoms with Gasteiger partial charge in [-0.1, -0.05) is 73.1 Å². The van der Waals surface area contributed by atoms with Crippen molar-refractivity contribution in [2.75, 3.05) is 13.2 Å². The highest BCUT2D eigenvalue weighted by Crippen LogP contribution is 2.76. The molecule has 7 N–H and O–H groups in total. The number of carbonyl (C=O) groups excluding carboxylic acids is 1. The molecule has 2 unspecified atom stereocenters. The molecule has 16 atom stereocenters. The number of fused-ring (bicyclic) bond motifs is 2. The minimum absolute atomic E-state index is 0.0513. The van der Waals surface area contributed by atoms with E-state index in [0.717, 1.165) is 101 Å². The first-order chi connectivity index (χ1) is 27.0. The number of ether oxygens (including phenoxy) is 2. The predicted molar refractivity (Wildman–Crippen MR) is 222 cm³/mol. The Morgan fingerprint density at radius 1 is 0.930 bits per heavy atom. The van der Waals surface area contributed by atoms with Gasteiger partial charge in [0.1, 0.15) is 24.0 Å². The molecular weight excluding hydrogens is 713 g/mol. The number of nitrogens with two attached hydrogens (primary N) is 2. The number of quaternary nitrogens is 1. The Balaban J connectivity index is 1.08. The Morgan fingerprint density at radius 2 is 1.70 bits per heavy atom. The van der Waals surface area contributed by atoms with Gasteiger partial charge in [0.05, 0.1) is 23.9 Å². The molecule has 0 aromatic carbocycles. The number of rotatable bonds is 10. The van der Waals surface area contributed by atoms with Crippen molar-refractivity contribution in [1.82, 2.24) is 0 Å². The van der Waals surface area contributed by atoms with Crippen LogP contribution in [0.5, 0.6) is 0 Å². The molecule has 0 spiro atoms. The molecule has 0 amide bonds. The molecule has 0 bridgehead atoms. The Kier molecular flexibility index (Phi) is 10.6. The summed E-state index contributed by atoms with van der Waals surface area (Å²) in [6.45, 7) is 15.4. The lowest BCUT2D eigenvalue weighted by Gasteiger charge is -2.66. The lowest BCUT2D eigenvalue weighted by molar-refractivity contribution is -0.699. The normalized spacial score (nSPS) is 49.9. The Labute approximate surface area is 344 Å². The zero-order valence-electron chi connectivity index (χ0n) is 36.7. The van der Waals surface area contributed by atoms with E-state index in [-0.39, 0.29) is 58.7 Å². The third kappa shape index (κ3) is 6.38. The summed E-state index contributed by atoms with van der Waals surface area (Å²) in [7, 11) is 0. The maximum absolute atomic E-state index is 14.8. The molecule has 0 radical (unpaired) electrons. The Hall–Kier alpha value is -0.870. The van der Waals surface area contributed by atoms with Crippen LogP contribution in [0.3, 0.4) is 0 Å². The molecule has 322 valence electrons. The van der Waals surface area contributed by atoms with E-state index >= 15 is 0 Å². The van der Waals surface area contributed by atoms with Gasteiger partial charge < -0.3 is 30.1 Å². The topological polar surface area (TPSA) is 142 Å². The number of Topliss-reactive ketones (excluding diaryl/α,β-unsaturated/α-hetero) is 1. The minimum atomic E-state index is -1.07. The van der Waals surface area contributed by atoms with Crippen LogP contribution >= 0.6 is 0 Å². The molecule has 8 nitrogen and oxygen atoms in total. The fourth-order valence-electron chi connectivity index (χ4n) is 16.3. The van der Waals surface area contributed by atoms with Crippen molar-refractivity contribution in [2.24, 2.45) is 69.3 Å². The molecule has 57 heavy (non-hydrogen) atoms. The molecule has 0 aromatic heterocycles. The largest absolute Gasteiger partial charge is 0.393 e. The zero-order chi connectivity index (χ0) is 40.3. The fraction of sp³-hybridized carbons (Fsp3) is 0.939. The number of aliphatic hydroxyl groups excluding tert-OH is 1. The van der Waals surface area contributed by atoms with E-state index in [9.17, 15) is 20.1 Å². The highest BCUT2D eigenvalue weighted by atomic mass is 16.6. The molecule has 8 heteroatoms. The molecule has 6 aliphatic carbocycles. The van der Waals surface area contributed by atoms with Gasteiger partial charge >= 0.3 is 0 Å². The smallest absolute Gasteiger partial charge is 0.162 e. The van der Waals surface area contributed by atoms with Gasteiger partial charge in [0, 0.05) is 24.4 Å². The van der Waals surface area contributed by atoms with Crippen LogP contribution in [-0.2, 0) is 14.3 Å². The average molecular weight is 794 g/mol. The summed E-state index contributed by atoms with van der Waals surface area (Å²) in [6.07, 6.45) is 19.9. The highest BCUT2D eigenvalue weighted by Gasteiger charge is 2.78. The Bertz CT molecular complexity index is 1570.